The first kappa shape index (κ1) is 14.6. The van der Waals surface area contributed by atoms with E-state index in [1.165, 1.54) is 38.2 Å². The van der Waals surface area contributed by atoms with Gasteiger partial charge in [-0.15, -0.1) is 0 Å². The highest BCUT2D eigenvalue weighted by atomic mass is 16.4. The molecule has 1 heterocycles. The summed E-state index contributed by atoms with van der Waals surface area (Å²) >= 11 is 0. The van der Waals surface area contributed by atoms with Crippen LogP contribution < -0.4 is 11.4 Å². The Labute approximate surface area is 119 Å². The maximum absolute atomic E-state index is 11.3. The van der Waals surface area contributed by atoms with Crippen molar-refractivity contribution in [2.24, 2.45) is 0 Å². The van der Waals surface area contributed by atoms with Gasteiger partial charge in [-0.05, 0) is 36.6 Å². The summed E-state index contributed by atoms with van der Waals surface area (Å²) in [5, 5.41) is 0.816. The molecule has 2 N–H and O–H groups in total. The van der Waals surface area contributed by atoms with Crippen LogP contribution in [0.25, 0.3) is 11.0 Å². The monoisotopic (exact) mass is 273 g/mol. The highest BCUT2D eigenvalue weighted by Gasteiger charge is 2.04. The van der Waals surface area contributed by atoms with Crippen molar-refractivity contribution in [2.75, 3.05) is 5.73 Å². The summed E-state index contributed by atoms with van der Waals surface area (Å²) in [5.74, 6) is 0. The molecular weight excluding hydrogens is 250 g/mol. The summed E-state index contributed by atoms with van der Waals surface area (Å²) in [5.41, 5.74) is 8.13. The minimum Gasteiger partial charge on any atom is -0.423 e. The number of hydrogen-bond acceptors (Lipinski definition) is 3. The van der Waals surface area contributed by atoms with E-state index in [1.54, 1.807) is 6.07 Å². The predicted molar refractivity (Wildman–Crippen MR) is 84.0 cm³/mol. The standard InChI is InChI=1S/C17H23NO2/c1-2-3-4-5-6-7-8-13-11-15(18)14-9-10-17(19)20-16(14)12-13/h9-12H,2-8,18H2,1H3. The molecule has 0 aliphatic carbocycles. The molecule has 2 rings (SSSR count). The van der Waals surface area contributed by atoms with Crippen molar-refractivity contribution in [3.63, 3.8) is 0 Å². The Hall–Kier alpha value is -1.77. The zero-order chi connectivity index (χ0) is 14.4. The highest BCUT2D eigenvalue weighted by Crippen LogP contribution is 2.23. The molecule has 0 saturated carbocycles. The Morgan fingerprint density at radius 1 is 1.05 bits per heavy atom. The van der Waals surface area contributed by atoms with Gasteiger partial charge in [-0.3, -0.25) is 0 Å². The number of hydrogen-bond donors (Lipinski definition) is 1. The molecule has 0 amide bonds. The molecule has 0 atom stereocenters. The highest BCUT2D eigenvalue weighted by molar-refractivity contribution is 5.89. The molecule has 0 radical (unpaired) electrons. The van der Waals surface area contributed by atoms with Crippen LogP contribution in [0.1, 0.15) is 51.0 Å². The molecule has 1 aromatic carbocycles. The number of fused-ring (bicyclic) bond motifs is 1. The third-order valence-corrected chi connectivity index (χ3v) is 3.65. The van der Waals surface area contributed by atoms with Crippen molar-refractivity contribution < 1.29 is 4.42 Å². The lowest BCUT2D eigenvalue weighted by Crippen LogP contribution is -1.98. The van der Waals surface area contributed by atoms with Gasteiger partial charge in [0.25, 0.3) is 0 Å². The number of benzene rings is 1. The lowest BCUT2D eigenvalue weighted by Gasteiger charge is -2.06. The van der Waals surface area contributed by atoms with Crippen LogP contribution in [-0.4, -0.2) is 0 Å². The van der Waals surface area contributed by atoms with Crippen LogP contribution in [0.4, 0.5) is 5.69 Å². The molecule has 0 fully saturated rings. The van der Waals surface area contributed by atoms with E-state index in [2.05, 4.69) is 6.92 Å². The summed E-state index contributed by atoms with van der Waals surface area (Å²) in [6.07, 6.45) is 8.62. The molecule has 0 spiro atoms. The molecule has 0 unspecified atom stereocenters. The van der Waals surface area contributed by atoms with E-state index in [4.69, 9.17) is 10.2 Å². The molecule has 20 heavy (non-hydrogen) atoms. The Balaban J connectivity index is 1.98. The molecule has 3 nitrogen and oxygen atoms in total. The molecule has 1 aromatic heterocycles. The molecule has 2 aromatic rings. The normalized spacial score (nSPS) is 11.1. The molecule has 0 aliphatic heterocycles. The number of rotatable bonds is 7. The van der Waals surface area contributed by atoms with E-state index in [0.29, 0.717) is 11.3 Å². The average molecular weight is 273 g/mol. The van der Waals surface area contributed by atoms with Gasteiger partial charge in [-0.2, -0.15) is 0 Å². The second-order valence-corrected chi connectivity index (χ2v) is 5.37. The molecule has 0 saturated heterocycles. The van der Waals surface area contributed by atoms with Crippen LogP contribution in [0.5, 0.6) is 0 Å². The Morgan fingerprint density at radius 3 is 2.60 bits per heavy atom. The fourth-order valence-electron chi connectivity index (χ4n) is 2.52. The zero-order valence-corrected chi connectivity index (χ0v) is 12.2. The van der Waals surface area contributed by atoms with E-state index < -0.39 is 0 Å². The minimum absolute atomic E-state index is 0.325. The second kappa shape index (κ2) is 7.13. The molecule has 3 heteroatoms. The van der Waals surface area contributed by atoms with Crippen molar-refractivity contribution in [3.8, 4) is 0 Å². The fraction of sp³-hybridized carbons (Fsp3) is 0.471. The van der Waals surface area contributed by atoms with Gasteiger partial charge in [0.05, 0.1) is 0 Å². The first-order chi connectivity index (χ1) is 9.70. The predicted octanol–water partition coefficient (Wildman–Crippen LogP) is 4.28. The van der Waals surface area contributed by atoms with Crippen LogP contribution in [0.2, 0.25) is 0 Å². The topological polar surface area (TPSA) is 56.2 Å². The smallest absolute Gasteiger partial charge is 0.336 e. The van der Waals surface area contributed by atoms with E-state index in [0.717, 1.165) is 23.8 Å². The maximum atomic E-state index is 11.3. The Morgan fingerprint density at radius 2 is 1.80 bits per heavy atom. The van der Waals surface area contributed by atoms with Gasteiger partial charge in [-0.1, -0.05) is 39.0 Å². The third-order valence-electron chi connectivity index (χ3n) is 3.65. The van der Waals surface area contributed by atoms with Crippen molar-refractivity contribution in [2.45, 2.75) is 51.9 Å². The first-order valence-electron chi connectivity index (χ1n) is 7.53. The number of unbranched alkanes of at least 4 members (excludes halogenated alkanes) is 5. The number of anilines is 1. The van der Waals surface area contributed by atoms with Crippen LogP contribution in [0.15, 0.2) is 33.5 Å². The van der Waals surface area contributed by atoms with Crippen molar-refractivity contribution >= 4 is 16.7 Å². The van der Waals surface area contributed by atoms with Gasteiger partial charge >= 0.3 is 5.63 Å². The lowest BCUT2D eigenvalue weighted by atomic mass is 10.0. The van der Waals surface area contributed by atoms with E-state index >= 15 is 0 Å². The second-order valence-electron chi connectivity index (χ2n) is 5.37. The number of aryl methyl sites for hydroxylation is 1. The zero-order valence-electron chi connectivity index (χ0n) is 12.2. The van der Waals surface area contributed by atoms with Crippen LogP contribution in [0, 0.1) is 0 Å². The largest absolute Gasteiger partial charge is 0.423 e. The number of nitrogen functional groups attached to an aromatic ring is 1. The summed E-state index contributed by atoms with van der Waals surface area (Å²) in [4.78, 5) is 11.3. The van der Waals surface area contributed by atoms with Crippen molar-refractivity contribution in [1.82, 2.24) is 0 Å². The minimum atomic E-state index is -0.325. The van der Waals surface area contributed by atoms with Gasteiger partial charge in [-0.25, -0.2) is 4.79 Å². The van der Waals surface area contributed by atoms with Gasteiger partial charge < -0.3 is 10.2 Å². The molecule has 108 valence electrons. The summed E-state index contributed by atoms with van der Waals surface area (Å²) < 4.78 is 5.21. The summed E-state index contributed by atoms with van der Waals surface area (Å²) in [6.45, 7) is 2.23. The Bertz CT molecular complexity index is 616. The maximum Gasteiger partial charge on any atom is 0.336 e. The average Bonchev–Trinajstić information content (AvgIpc) is 2.42. The van der Waals surface area contributed by atoms with Gasteiger partial charge in [0.15, 0.2) is 0 Å². The third kappa shape index (κ3) is 3.86. The number of nitrogens with two attached hydrogens (primary N) is 1. The van der Waals surface area contributed by atoms with Gasteiger partial charge in [0.2, 0.25) is 0 Å². The summed E-state index contributed by atoms with van der Waals surface area (Å²) in [6, 6.07) is 7.07. The van der Waals surface area contributed by atoms with E-state index in [9.17, 15) is 4.79 Å². The summed E-state index contributed by atoms with van der Waals surface area (Å²) in [7, 11) is 0. The molecular formula is C17H23NO2. The Kier molecular flexibility index (Phi) is 5.22. The van der Waals surface area contributed by atoms with Crippen molar-refractivity contribution in [1.29, 1.82) is 0 Å². The lowest BCUT2D eigenvalue weighted by molar-refractivity contribution is 0.560. The molecule has 0 aliphatic rings. The van der Waals surface area contributed by atoms with Crippen LogP contribution in [0.3, 0.4) is 0 Å². The van der Waals surface area contributed by atoms with E-state index in [1.807, 2.05) is 12.1 Å². The first-order valence-corrected chi connectivity index (χ1v) is 7.53. The van der Waals surface area contributed by atoms with Gasteiger partial charge in [0.1, 0.15) is 5.58 Å². The van der Waals surface area contributed by atoms with Crippen molar-refractivity contribution in [3.05, 3.63) is 40.2 Å². The van der Waals surface area contributed by atoms with Crippen LogP contribution in [-0.2, 0) is 6.42 Å². The SMILES string of the molecule is CCCCCCCCc1cc(N)c2ccc(=O)oc2c1. The van der Waals surface area contributed by atoms with Gasteiger partial charge in [0, 0.05) is 17.1 Å². The molecule has 0 bridgehead atoms. The van der Waals surface area contributed by atoms with E-state index in [-0.39, 0.29) is 5.63 Å². The fourth-order valence-corrected chi connectivity index (χ4v) is 2.52. The quantitative estimate of drug-likeness (QED) is 0.465. The van der Waals surface area contributed by atoms with Crippen LogP contribution >= 0.6 is 0 Å².